The van der Waals surface area contributed by atoms with Crippen LogP contribution in [0.3, 0.4) is 0 Å². The molecule has 1 fully saturated rings. The minimum atomic E-state index is -1.14. The first kappa shape index (κ1) is 22.9. The van der Waals surface area contributed by atoms with Gasteiger partial charge in [-0.05, 0) is 35.9 Å². The van der Waals surface area contributed by atoms with E-state index >= 15 is 0 Å². The van der Waals surface area contributed by atoms with Crippen LogP contribution in [0.1, 0.15) is 21.6 Å². The molecule has 0 atom stereocenters. The minimum Gasteiger partial charge on any atom is -0.478 e. The molecule has 1 aliphatic heterocycles. The first-order valence-electron chi connectivity index (χ1n) is 11.5. The summed E-state index contributed by atoms with van der Waals surface area (Å²) in [6.07, 6.45) is 3.56. The van der Waals surface area contributed by atoms with Crippen molar-refractivity contribution in [2.24, 2.45) is 0 Å². The van der Waals surface area contributed by atoms with Crippen molar-refractivity contribution < 1.29 is 14.3 Å². The number of carboxylic acid groups (broad SMARTS) is 1. The Morgan fingerprint density at radius 1 is 0.857 bits per heavy atom. The average Bonchev–Trinajstić information content (AvgIpc) is 2.87. The number of benzene rings is 2. The van der Waals surface area contributed by atoms with Crippen molar-refractivity contribution in [1.82, 2.24) is 19.4 Å². The number of pyridine rings is 2. The largest absolute Gasteiger partial charge is 0.478 e. The first-order valence-corrected chi connectivity index (χ1v) is 11.5. The average molecular weight is 473 g/mol. The number of halogens is 1. The van der Waals surface area contributed by atoms with Crippen LogP contribution in [-0.4, -0.2) is 56.6 Å². The van der Waals surface area contributed by atoms with E-state index in [9.17, 15) is 19.1 Å². The van der Waals surface area contributed by atoms with Crippen molar-refractivity contribution in [3.05, 3.63) is 106 Å². The van der Waals surface area contributed by atoms with Gasteiger partial charge in [0, 0.05) is 62.4 Å². The monoisotopic (exact) mass is 472 g/mol. The Morgan fingerprint density at radius 2 is 1.46 bits per heavy atom. The number of carboxylic acids is 1. The highest BCUT2D eigenvalue weighted by molar-refractivity contribution is 6.04. The maximum Gasteiger partial charge on any atom is 0.338 e. The predicted molar refractivity (Wildman–Crippen MR) is 131 cm³/mol. The molecule has 0 saturated carbocycles. The second-order valence-corrected chi connectivity index (χ2v) is 8.67. The van der Waals surface area contributed by atoms with Crippen LogP contribution in [0.25, 0.3) is 16.5 Å². The summed E-state index contributed by atoms with van der Waals surface area (Å²) < 4.78 is 16.1. The second-order valence-electron chi connectivity index (χ2n) is 8.67. The number of para-hydroxylation sites is 1. The highest BCUT2D eigenvalue weighted by atomic mass is 19.1. The molecular formula is C27H25FN4O3. The molecule has 0 spiro atoms. The summed E-state index contributed by atoms with van der Waals surface area (Å²) in [6, 6.07) is 16.6. The summed E-state index contributed by atoms with van der Waals surface area (Å²) in [5.74, 6) is -1.72. The molecule has 0 radical (unpaired) electrons. The van der Waals surface area contributed by atoms with Gasteiger partial charge in [-0.3, -0.25) is 24.1 Å². The molecule has 0 aliphatic carbocycles. The summed E-state index contributed by atoms with van der Waals surface area (Å²) >= 11 is 0. The molecular weight excluding hydrogens is 447 g/mol. The van der Waals surface area contributed by atoms with Crippen LogP contribution in [0.5, 0.6) is 0 Å². The van der Waals surface area contributed by atoms with Gasteiger partial charge in [-0.2, -0.15) is 0 Å². The highest BCUT2D eigenvalue weighted by Gasteiger charge is 2.26. The Balaban J connectivity index is 1.52. The number of carbonyl (C=O) groups is 1. The second kappa shape index (κ2) is 9.77. The Labute approximate surface area is 201 Å². The molecule has 178 valence electrons. The minimum absolute atomic E-state index is 0.0302. The van der Waals surface area contributed by atoms with Crippen LogP contribution in [0.2, 0.25) is 0 Å². The van der Waals surface area contributed by atoms with E-state index in [0.717, 1.165) is 19.6 Å². The molecule has 8 heteroatoms. The molecule has 0 amide bonds. The zero-order chi connectivity index (χ0) is 24.4. The van der Waals surface area contributed by atoms with Crippen molar-refractivity contribution in [3.63, 3.8) is 0 Å². The topological polar surface area (TPSA) is 78.7 Å². The fourth-order valence-corrected chi connectivity index (χ4v) is 4.74. The molecule has 3 heterocycles. The number of piperazine rings is 1. The van der Waals surface area contributed by atoms with Gasteiger partial charge in [0.05, 0.1) is 16.9 Å². The molecule has 35 heavy (non-hydrogen) atoms. The van der Waals surface area contributed by atoms with E-state index in [-0.39, 0.29) is 28.9 Å². The number of fused-ring (bicyclic) bond motifs is 1. The third kappa shape index (κ3) is 4.58. The highest BCUT2D eigenvalue weighted by Crippen LogP contribution is 2.25. The predicted octanol–water partition coefficient (Wildman–Crippen LogP) is 3.54. The smallest absolute Gasteiger partial charge is 0.338 e. The molecule has 0 bridgehead atoms. The molecule has 0 unspecified atom stereocenters. The van der Waals surface area contributed by atoms with Gasteiger partial charge in [-0.15, -0.1) is 0 Å². The molecule has 2 aromatic carbocycles. The van der Waals surface area contributed by atoms with E-state index in [1.807, 2.05) is 12.1 Å². The van der Waals surface area contributed by atoms with Gasteiger partial charge >= 0.3 is 5.97 Å². The number of nitrogens with zero attached hydrogens (tertiary/aromatic N) is 4. The van der Waals surface area contributed by atoms with Gasteiger partial charge in [-0.25, -0.2) is 9.18 Å². The van der Waals surface area contributed by atoms with Crippen molar-refractivity contribution in [2.45, 2.75) is 13.1 Å². The van der Waals surface area contributed by atoms with E-state index in [0.29, 0.717) is 18.5 Å². The summed E-state index contributed by atoms with van der Waals surface area (Å²) in [7, 11) is 0. The molecule has 1 N–H and O–H groups in total. The Kier molecular flexibility index (Phi) is 6.39. The van der Waals surface area contributed by atoms with Crippen molar-refractivity contribution in [2.75, 3.05) is 26.2 Å². The van der Waals surface area contributed by atoms with Crippen LogP contribution < -0.4 is 5.56 Å². The molecule has 2 aromatic heterocycles. The fourth-order valence-electron chi connectivity index (χ4n) is 4.74. The van der Waals surface area contributed by atoms with Crippen LogP contribution in [-0.2, 0) is 13.1 Å². The molecule has 7 nitrogen and oxygen atoms in total. The zero-order valence-corrected chi connectivity index (χ0v) is 19.1. The number of aromatic nitrogens is 2. The Hall–Kier alpha value is -3.88. The van der Waals surface area contributed by atoms with Crippen molar-refractivity contribution in [3.8, 4) is 5.69 Å². The Bertz CT molecular complexity index is 1430. The fraction of sp³-hybridized carbons (Fsp3) is 0.222. The molecule has 1 saturated heterocycles. The number of rotatable bonds is 6. The number of hydrogen-bond acceptors (Lipinski definition) is 5. The Morgan fingerprint density at radius 3 is 2.11 bits per heavy atom. The summed E-state index contributed by atoms with van der Waals surface area (Å²) in [4.78, 5) is 34.5. The van der Waals surface area contributed by atoms with Gasteiger partial charge in [-0.1, -0.05) is 30.3 Å². The molecule has 4 aromatic rings. The third-order valence-corrected chi connectivity index (χ3v) is 6.49. The lowest BCUT2D eigenvalue weighted by Crippen LogP contribution is -2.46. The van der Waals surface area contributed by atoms with Gasteiger partial charge < -0.3 is 5.11 Å². The van der Waals surface area contributed by atoms with Crippen molar-refractivity contribution in [1.29, 1.82) is 0 Å². The van der Waals surface area contributed by atoms with E-state index < -0.39 is 17.3 Å². The van der Waals surface area contributed by atoms with E-state index in [1.54, 1.807) is 48.8 Å². The van der Waals surface area contributed by atoms with Gasteiger partial charge in [0.15, 0.2) is 0 Å². The molecule has 5 rings (SSSR count). The SMILES string of the molecule is O=C(O)c1c(CN2CCN(Cc3ccncc3)CC2)n(-c2ccccc2F)c(=O)c2ccccc12. The normalized spacial score (nSPS) is 14.9. The number of hydrogen-bond donors (Lipinski definition) is 1. The summed E-state index contributed by atoms with van der Waals surface area (Å²) in [5.41, 5.74) is 1.13. The lowest BCUT2D eigenvalue weighted by molar-refractivity contribution is 0.0693. The quantitative estimate of drug-likeness (QED) is 0.463. The lowest BCUT2D eigenvalue weighted by Gasteiger charge is -2.35. The number of aromatic carboxylic acids is 1. The first-order chi connectivity index (χ1) is 17.0. The maximum atomic E-state index is 14.9. The van der Waals surface area contributed by atoms with Crippen LogP contribution in [0, 0.1) is 5.82 Å². The van der Waals surface area contributed by atoms with Gasteiger partial charge in [0.25, 0.3) is 5.56 Å². The summed E-state index contributed by atoms with van der Waals surface area (Å²) in [6.45, 7) is 4.02. The lowest BCUT2D eigenvalue weighted by atomic mass is 10.0. The van der Waals surface area contributed by atoms with Gasteiger partial charge in [0.2, 0.25) is 0 Å². The van der Waals surface area contributed by atoms with E-state index in [4.69, 9.17) is 0 Å². The molecule has 1 aliphatic rings. The summed E-state index contributed by atoms with van der Waals surface area (Å²) in [5, 5.41) is 10.8. The van der Waals surface area contributed by atoms with Crippen LogP contribution >= 0.6 is 0 Å². The standard InChI is InChI=1S/C27H25FN4O3/c28-22-7-3-4-8-23(22)32-24(25(27(34)35)20-5-1-2-6-21(20)26(32)33)18-31-15-13-30(14-16-31)17-19-9-11-29-12-10-19/h1-12H,13-18H2,(H,34,35). The van der Waals surface area contributed by atoms with E-state index in [1.165, 1.54) is 22.3 Å². The van der Waals surface area contributed by atoms with E-state index in [2.05, 4.69) is 14.8 Å². The van der Waals surface area contributed by atoms with Gasteiger partial charge in [0.1, 0.15) is 5.82 Å². The maximum absolute atomic E-state index is 14.9. The third-order valence-electron chi connectivity index (χ3n) is 6.49. The zero-order valence-electron chi connectivity index (χ0n) is 19.1. The van der Waals surface area contributed by atoms with Crippen molar-refractivity contribution >= 4 is 16.7 Å². The van der Waals surface area contributed by atoms with Crippen LogP contribution in [0.15, 0.2) is 77.9 Å². The van der Waals surface area contributed by atoms with Crippen LogP contribution in [0.4, 0.5) is 4.39 Å².